The molecule has 6 heteroatoms. The first-order valence-electron chi connectivity index (χ1n) is 9.22. The summed E-state index contributed by atoms with van der Waals surface area (Å²) in [6.07, 6.45) is 2.68. The fourth-order valence-corrected chi connectivity index (χ4v) is 4.30. The zero-order chi connectivity index (χ0) is 17.4. The minimum Gasteiger partial charge on any atom is -0.393 e. The molecule has 2 amide bonds. The van der Waals surface area contributed by atoms with E-state index in [1.165, 1.54) is 11.3 Å². The van der Waals surface area contributed by atoms with E-state index in [4.69, 9.17) is 0 Å². The summed E-state index contributed by atoms with van der Waals surface area (Å²) in [5.74, 6) is -0.000751. The molecule has 0 spiro atoms. The lowest BCUT2D eigenvalue weighted by atomic mass is 9.96. The first kappa shape index (κ1) is 16.4. The van der Waals surface area contributed by atoms with Crippen LogP contribution in [0.3, 0.4) is 0 Å². The summed E-state index contributed by atoms with van der Waals surface area (Å²) in [5, 5.41) is 9.86. The lowest BCUT2D eigenvalue weighted by Crippen LogP contribution is -2.63. The number of para-hydroxylation sites is 1. The maximum atomic E-state index is 12.8. The first-order chi connectivity index (χ1) is 12.1. The highest BCUT2D eigenvalue weighted by molar-refractivity contribution is 5.95. The summed E-state index contributed by atoms with van der Waals surface area (Å²) in [4.78, 5) is 30.8. The number of hydrogen-bond donors (Lipinski definition) is 1. The molecule has 1 aromatic rings. The van der Waals surface area contributed by atoms with Crippen molar-refractivity contribution < 1.29 is 14.7 Å². The number of anilines is 1. The second-order valence-electron chi connectivity index (χ2n) is 7.26. The Kier molecular flexibility index (Phi) is 4.37. The van der Waals surface area contributed by atoms with Crippen LogP contribution in [0.2, 0.25) is 0 Å². The highest BCUT2D eigenvalue weighted by Crippen LogP contribution is 2.27. The predicted molar refractivity (Wildman–Crippen MR) is 94.3 cm³/mol. The largest absolute Gasteiger partial charge is 0.393 e. The third kappa shape index (κ3) is 3.11. The number of fused-ring (bicyclic) bond motifs is 2. The van der Waals surface area contributed by atoms with Crippen LogP contribution in [0, 0.1) is 0 Å². The minimum atomic E-state index is -0.480. The molecule has 0 bridgehead atoms. The van der Waals surface area contributed by atoms with Gasteiger partial charge in [0.25, 0.3) is 0 Å². The average molecular weight is 343 g/mol. The van der Waals surface area contributed by atoms with Crippen LogP contribution in [0.1, 0.15) is 24.8 Å². The van der Waals surface area contributed by atoms with Gasteiger partial charge >= 0.3 is 0 Å². The molecule has 2 fully saturated rings. The summed E-state index contributed by atoms with van der Waals surface area (Å²) in [6.45, 7) is 2.94. The SMILES string of the molecule is O=C1[C@@H]2C[C@H](O)CCN2C(=O)CN1CCN1CCCc2ccccc21. The smallest absolute Gasteiger partial charge is 0.246 e. The molecule has 0 aliphatic carbocycles. The van der Waals surface area contributed by atoms with Gasteiger partial charge in [-0.15, -0.1) is 0 Å². The molecule has 3 aliphatic heterocycles. The monoisotopic (exact) mass is 343 g/mol. The third-order valence-electron chi connectivity index (χ3n) is 5.66. The molecule has 4 rings (SSSR count). The van der Waals surface area contributed by atoms with Crippen LogP contribution in [0.5, 0.6) is 0 Å². The summed E-state index contributed by atoms with van der Waals surface area (Å²) in [5.41, 5.74) is 2.61. The highest BCUT2D eigenvalue weighted by Gasteiger charge is 2.42. The molecule has 0 unspecified atom stereocenters. The summed E-state index contributed by atoms with van der Waals surface area (Å²) < 4.78 is 0. The molecule has 0 aromatic heterocycles. The number of rotatable bonds is 3. The lowest BCUT2D eigenvalue weighted by molar-refractivity contribution is -0.160. The number of aliphatic hydroxyl groups excluding tert-OH is 1. The summed E-state index contributed by atoms with van der Waals surface area (Å²) in [7, 11) is 0. The van der Waals surface area contributed by atoms with Crippen LogP contribution < -0.4 is 4.90 Å². The minimum absolute atomic E-state index is 0.00976. The highest BCUT2D eigenvalue weighted by atomic mass is 16.3. The van der Waals surface area contributed by atoms with Crippen molar-refractivity contribution in [1.82, 2.24) is 9.80 Å². The summed E-state index contributed by atoms with van der Waals surface area (Å²) in [6, 6.07) is 7.94. The Hall–Kier alpha value is -2.08. The van der Waals surface area contributed by atoms with Crippen LogP contribution >= 0.6 is 0 Å². The van der Waals surface area contributed by atoms with Crippen molar-refractivity contribution in [3.05, 3.63) is 29.8 Å². The van der Waals surface area contributed by atoms with E-state index in [-0.39, 0.29) is 18.4 Å². The number of hydrogen-bond acceptors (Lipinski definition) is 4. The van der Waals surface area contributed by atoms with Gasteiger partial charge in [0, 0.05) is 38.3 Å². The topological polar surface area (TPSA) is 64.1 Å². The molecular formula is C19H25N3O3. The number of amides is 2. The van der Waals surface area contributed by atoms with Crippen molar-refractivity contribution in [2.45, 2.75) is 37.8 Å². The first-order valence-corrected chi connectivity index (χ1v) is 9.22. The molecule has 1 aromatic carbocycles. The van der Waals surface area contributed by atoms with Gasteiger partial charge in [-0.3, -0.25) is 9.59 Å². The second kappa shape index (κ2) is 6.67. The van der Waals surface area contributed by atoms with Crippen molar-refractivity contribution in [3.8, 4) is 0 Å². The maximum absolute atomic E-state index is 12.8. The standard InChI is InChI=1S/C19H25N3O3/c23-15-7-9-22-17(12-15)19(25)21(13-18(22)24)11-10-20-8-3-5-14-4-1-2-6-16(14)20/h1-2,4,6,15,17,23H,3,5,7-13H2/t15-,17+/m1/s1. The number of piperazine rings is 1. The number of aliphatic hydroxyl groups is 1. The van der Waals surface area contributed by atoms with E-state index >= 15 is 0 Å². The van der Waals surface area contributed by atoms with Crippen molar-refractivity contribution in [2.24, 2.45) is 0 Å². The van der Waals surface area contributed by atoms with Crippen molar-refractivity contribution in [1.29, 1.82) is 0 Å². The average Bonchev–Trinajstić information content (AvgIpc) is 2.63. The van der Waals surface area contributed by atoms with Crippen LogP contribution in [-0.2, 0) is 16.0 Å². The Morgan fingerprint density at radius 3 is 2.76 bits per heavy atom. The van der Waals surface area contributed by atoms with E-state index in [1.807, 2.05) is 6.07 Å². The number of carbonyl (C=O) groups excluding carboxylic acids is 2. The van der Waals surface area contributed by atoms with Crippen molar-refractivity contribution in [3.63, 3.8) is 0 Å². The summed E-state index contributed by atoms with van der Waals surface area (Å²) >= 11 is 0. The van der Waals surface area contributed by atoms with Crippen LogP contribution in [0.25, 0.3) is 0 Å². The van der Waals surface area contributed by atoms with Gasteiger partial charge in [-0.1, -0.05) is 18.2 Å². The number of aryl methyl sites for hydroxylation is 1. The molecule has 3 heterocycles. The second-order valence-corrected chi connectivity index (χ2v) is 7.26. The van der Waals surface area contributed by atoms with Gasteiger partial charge in [0.2, 0.25) is 11.8 Å². The van der Waals surface area contributed by atoms with Gasteiger partial charge in [0.15, 0.2) is 0 Å². The third-order valence-corrected chi connectivity index (χ3v) is 5.66. The molecule has 0 saturated carbocycles. The van der Waals surface area contributed by atoms with Gasteiger partial charge in [-0.05, 0) is 30.9 Å². The number of nitrogens with zero attached hydrogens (tertiary/aromatic N) is 3. The van der Waals surface area contributed by atoms with Crippen molar-refractivity contribution in [2.75, 3.05) is 37.6 Å². The van der Waals surface area contributed by atoms with Gasteiger partial charge in [-0.2, -0.15) is 0 Å². The molecule has 6 nitrogen and oxygen atoms in total. The predicted octanol–water partition coefficient (Wildman–Crippen LogP) is 0.633. The molecule has 25 heavy (non-hydrogen) atoms. The Labute approximate surface area is 148 Å². The van der Waals surface area contributed by atoms with Crippen LogP contribution in [0.15, 0.2) is 24.3 Å². The van der Waals surface area contributed by atoms with E-state index in [0.29, 0.717) is 25.9 Å². The normalized spacial score (nSPS) is 26.5. The van der Waals surface area contributed by atoms with Gasteiger partial charge in [0.05, 0.1) is 12.6 Å². The molecule has 2 atom stereocenters. The number of carbonyl (C=O) groups is 2. The van der Waals surface area contributed by atoms with Gasteiger partial charge < -0.3 is 19.8 Å². The fourth-order valence-electron chi connectivity index (χ4n) is 4.30. The Bertz CT molecular complexity index is 678. The van der Waals surface area contributed by atoms with Crippen molar-refractivity contribution >= 4 is 17.5 Å². The maximum Gasteiger partial charge on any atom is 0.246 e. The van der Waals surface area contributed by atoms with E-state index in [9.17, 15) is 14.7 Å². The molecule has 0 radical (unpaired) electrons. The van der Waals surface area contributed by atoms with Crippen LogP contribution in [-0.4, -0.2) is 71.6 Å². The Morgan fingerprint density at radius 1 is 1.08 bits per heavy atom. The quantitative estimate of drug-likeness (QED) is 0.875. The zero-order valence-electron chi connectivity index (χ0n) is 14.4. The van der Waals surface area contributed by atoms with Gasteiger partial charge in [0.1, 0.15) is 6.04 Å². The number of piperidine rings is 1. The van der Waals surface area contributed by atoms with E-state index in [2.05, 4.69) is 23.1 Å². The van der Waals surface area contributed by atoms with Gasteiger partial charge in [-0.25, -0.2) is 0 Å². The lowest BCUT2D eigenvalue weighted by Gasteiger charge is -2.44. The number of benzene rings is 1. The van der Waals surface area contributed by atoms with E-state index in [0.717, 1.165) is 25.9 Å². The fraction of sp³-hybridized carbons (Fsp3) is 0.579. The van der Waals surface area contributed by atoms with Crippen LogP contribution in [0.4, 0.5) is 5.69 Å². The molecule has 3 aliphatic rings. The van der Waals surface area contributed by atoms with E-state index in [1.54, 1.807) is 9.80 Å². The molecule has 1 N–H and O–H groups in total. The molecule has 134 valence electrons. The molecular weight excluding hydrogens is 318 g/mol. The molecule has 2 saturated heterocycles. The Morgan fingerprint density at radius 2 is 1.88 bits per heavy atom. The Balaban J connectivity index is 1.43. The van der Waals surface area contributed by atoms with E-state index < -0.39 is 12.1 Å². The zero-order valence-corrected chi connectivity index (χ0v) is 14.4.